The van der Waals surface area contributed by atoms with Gasteiger partial charge in [0.05, 0.1) is 9.40 Å². The minimum Gasteiger partial charge on any atom is -0.501 e. The van der Waals surface area contributed by atoms with Gasteiger partial charge in [0.25, 0.3) is 0 Å². The molecule has 1 aromatic rings. The minimum absolute atomic E-state index is 0.186. The molecule has 0 radical (unpaired) electrons. The lowest BCUT2D eigenvalue weighted by molar-refractivity contribution is -0.386. The van der Waals surface area contributed by atoms with Crippen molar-refractivity contribution in [2.45, 2.75) is 19.8 Å². The van der Waals surface area contributed by atoms with Gasteiger partial charge in [-0.3, -0.25) is 10.1 Å². The van der Waals surface area contributed by atoms with Crippen molar-refractivity contribution in [3.8, 4) is 5.75 Å². The second-order valence-electron chi connectivity index (χ2n) is 3.28. The molecule has 0 amide bonds. The molecule has 0 aliphatic heterocycles. The first kappa shape index (κ1) is 11.0. The molecule has 0 unspecified atom stereocenters. The van der Waals surface area contributed by atoms with Gasteiger partial charge in [0.2, 0.25) is 5.75 Å². The molecule has 0 aromatic heterocycles. The van der Waals surface area contributed by atoms with Gasteiger partial charge >= 0.3 is 5.69 Å². The van der Waals surface area contributed by atoms with Gasteiger partial charge in [-0.15, -0.1) is 0 Å². The molecule has 1 aromatic carbocycles. The zero-order valence-electron chi connectivity index (χ0n) is 7.82. The van der Waals surface area contributed by atoms with E-state index in [9.17, 15) is 15.2 Å². The van der Waals surface area contributed by atoms with Crippen molar-refractivity contribution in [2.75, 3.05) is 0 Å². The third-order valence-corrected chi connectivity index (χ3v) is 2.53. The van der Waals surface area contributed by atoms with Gasteiger partial charge in [0.1, 0.15) is 0 Å². The van der Waals surface area contributed by atoms with Crippen molar-refractivity contribution in [3.05, 3.63) is 32.3 Å². The van der Waals surface area contributed by atoms with Crippen LogP contribution >= 0.6 is 15.9 Å². The van der Waals surface area contributed by atoms with Gasteiger partial charge in [-0.05, 0) is 33.5 Å². The molecule has 0 bridgehead atoms. The van der Waals surface area contributed by atoms with E-state index in [4.69, 9.17) is 0 Å². The summed E-state index contributed by atoms with van der Waals surface area (Å²) in [5.41, 5.74) is 0.560. The molecule has 0 fully saturated rings. The van der Waals surface area contributed by atoms with Crippen LogP contribution in [-0.2, 0) is 0 Å². The van der Waals surface area contributed by atoms with E-state index in [-0.39, 0.29) is 17.4 Å². The Bertz CT molecular complexity index is 377. The van der Waals surface area contributed by atoms with Crippen molar-refractivity contribution in [1.82, 2.24) is 0 Å². The Balaban J connectivity index is 3.35. The van der Waals surface area contributed by atoms with Crippen molar-refractivity contribution in [2.24, 2.45) is 0 Å². The quantitative estimate of drug-likeness (QED) is 0.656. The summed E-state index contributed by atoms with van der Waals surface area (Å²) in [5.74, 6) is -0.134. The lowest BCUT2D eigenvalue weighted by Gasteiger charge is -2.07. The predicted molar refractivity (Wildman–Crippen MR) is 56.6 cm³/mol. The third kappa shape index (κ3) is 2.04. The highest BCUT2D eigenvalue weighted by molar-refractivity contribution is 9.10. The average molecular weight is 260 g/mol. The lowest BCUT2D eigenvalue weighted by atomic mass is 10.0. The SMILES string of the molecule is CC(C)c1cc(Br)c(O)c([N+](=O)[O-])c1. The normalized spacial score (nSPS) is 10.6. The number of phenolic OH excluding ortho intramolecular Hbond substituents is 1. The van der Waals surface area contributed by atoms with Crippen LogP contribution in [-0.4, -0.2) is 10.0 Å². The number of nitro benzene ring substituents is 1. The van der Waals surface area contributed by atoms with Crippen LogP contribution in [0.3, 0.4) is 0 Å². The molecule has 0 aliphatic carbocycles. The van der Waals surface area contributed by atoms with E-state index in [1.807, 2.05) is 13.8 Å². The molecule has 0 saturated carbocycles. The molecule has 1 N–H and O–H groups in total. The minimum atomic E-state index is -0.591. The van der Waals surface area contributed by atoms with Gasteiger partial charge < -0.3 is 5.11 Å². The smallest absolute Gasteiger partial charge is 0.312 e. The number of aromatic hydroxyl groups is 1. The Morgan fingerprint density at radius 3 is 2.50 bits per heavy atom. The van der Waals surface area contributed by atoms with Crippen LogP contribution < -0.4 is 0 Å². The van der Waals surface area contributed by atoms with Crippen molar-refractivity contribution in [3.63, 3.8) is 0 Å². The summed E-state index contributed by atoms with van der Waals surface area (Å²) >= 11 is 3.08. The maximum Gasteiger partial charge on any atom is 0.312 e. The lowest BCUT2D eigenvalue weighted by Crippen LogP contribution is -1.94. The maximum absolute atomic E-state index is 10.6. The van der Waals surface area contributed by atoms with E-state index in [1.54, 1.807) is 6.07 Å². The Hall–Kier alpha value is -1.10. The van der Waals surface area contributed by atoms with Gasteiger partial charge in [-0.2, -0.15) is 0 Å². The molecular weight excluding hydrogens is 250 g/mol. The number of rotatable bonds is 2. The first-order valence-corrected chi connectivity index (χ1v) is 4.89. The molecular formula is C9H10BrNO3. The maximum atomic E-state index is 10.6. The number of hydrogen-bond acceptors (Lipinski definition) is 3. The van der Waals surface area contributed by atoms with Gasteiger partial charge in [0.15, 0.2) is 0 Å². The van der Waals surface area contributed by atoms with E-state index in [0.717, 1.165) is 5.56 Å². The number of benzene rings is 1. The fourth-order valence-corrected chi connectivity index (χ4v) is 1.54. The van der Waals surface area contributed by atoms with E-state index < -0.39 is 4.92 Å². The van der Waals surface area contributed by atoms with Crippen molar-refractivity contribution in [1.29, 1.82) is 0 Å². The van der Waals surface area contributed by atoms with Gasteiger partial charge in [0, 0.05) is 6.07 Å². The molecule has 0 saturated heterocycles. The Kier molecular flexibility index (Phi) is 3.10. The first-order chi connectivity index (χ1) is 6.43. The molecule has 0 atom stereocenters. The Morgan fingerprint density at radius 2 is 2.07 bits per heavy atom. The number of nitro groups is 1. The van der Waals surface area contributed by atoms with Gasteiger partial charge in [-0.1, -0.05) is 13.8 Å². The highest BCUT2D eigenvalue weighted by atomic mass is 79.9. The summed E-state index contributed by atoms with van der Waals surface area (Å²) in [6, 6.07) is 3.08. The van der Waals surface area contributed by atoms with Crippen LogP contribution in [0.5, 0.6) is 5.75 Å². The first-order valence-electron chi connectivity index (χ1n) is 4.10. The Morgan fingerprint density at radius 1 is 1.50 bits per heavy atom. The third-order valence-electron chi connectivity index (χ3n) is 1.93. The second kappa shape index (κ2) is 3.96. The number of halogens is 1. The van der Waals surface area contributed by atoms with E-state index in [1.165, 1.54) is 6.07 Å². The van der Waals surface area contributed by atoms with E-state index in [0.29, 0.717) is 4.47 Å². The molecule has 5 heteroatoms. The highest BCUT2D eigenvalue weighted by Gasteiger charge is 2.18. The summed E-state index contributed by atoms with van der Waals surface area (Å²) in [5, 5.41) is 20.0. The molecule has 1 rings (SSSR count). The van der Waals surface area contributed by atoms with E-state index in [2.05, 4.69) is 15.9 Å². The van der Waals surface area contributed by atoms with E-state index >= 15 is 0 Å². The summed E-state index contributed by atoms with van der Waals surface area (Å²) in [6.45, 7) is 3.87. The molecule has 4 nitrogen and oxygen atoms in total. The molecule has 0 heterocycles. The largest absolute Gasteiger partial charge is 0.501 e. The monoisotopic (exact) mass is 259 g/mol. The van der Waals surface area contributed by atoms with Crippen LogP contribution in [0.15, 0.2) is 16.6 Å². The average Bonchev–Trinajstić information content (AvgIpc) is 2.08. The summed E-state index contributed by atoms with van der Waals surface area (Å²) in [6.07, 6.45) is 0. The topological polar surface area (TPSA) is 63.4 Å². The molecule has 0 spiro atoms. The zero-order valence-corrected chi connectivity index (χ0v) is 9.41. The number of hydrogen-bond donors (Lipinski definition) is 1. The zero-order chi connectivity index (χ0) is 10.9. The molecule has 76 valence electrons. The van der Waals surface area contributed by atoms with Crippen LogP contribution in [0.1, 0.15) is 25.3 Å². The van der Waals surface area contributed by atoms with Crippen LogP contribution in [0.25, 0.3) is 0 Å². The fourth-order valence-electron chi connectivity index (χ4n) is 1.08. The number of nitrogens with zero attached hydrogens (tertiary/aromatic N) is 1. The standard InChI is InChI=1S/C9H10BrNO3/c1-5(2)6-3-7(10)9(12)8(4-6)11(13)14/h3-5,12H,1-2H3. The van der Waals surface area contributed by atoms with Crippen LogP contribution in [0.2, 0.25) is 0 Å². The summed E-state index contributed by atoms with van der Waals surface area (Å²) in [7, 11) is 0. The fraction of sp³-hybridized carbons (Fsp3) is 0.333. The summed E-state index contributed by atoms with van der Waals surface area (Å²) < 4.78 is 0.357. The number of phenols is 1. The molecule has 0 aliphatic rings. The summed E-state index contributed by atoms with van der Waals surface area (Å²) in [4.78, 5) is 9.98. The van der Waals surface area contributed by atoms with Crippen LogP contribution in [0, 0.1) is 10.1 Å². The van der Waals surface area contributed by atoms with Crippen molar-refractivity contribution < 1.29 is 10.0 Å². The second-order valence-corrected chi connectivity index (χ2v) is 4.14. The van der Waals surface area contributed by atoms with Gasteiger partial charge in [-0.25, -0.2) is 0 Å². The Labute approximate surface area is 89.8 Å². The molecule has 14 heavy (non-hydrogen) atoms. The highest BCUT2D eigenvalue weighted by Crippen LogP contribution is 2.36. The van der Waals surface area contributed by atoms with Crippen LogP contribution in [0.4, 0.5) is 5.69 Å². The van der Waals surface area contributed by atoms with Crippen molar-refractivity contribution >= 4 is 21.6 Å². The predicted octanol–water partition coefficient (Wildman–Crippen LogP) is 3.19.